The van der Waals surface area contributed by atoms with Gasteiger partial charge < -0.3 is 5.11 Å². The lowest BCUT2D eigenvalue weighted by Crippen LogP contribution is -2.34. The van der Waals surface area contributed by atoms with Crippen molar-refractivity contribution in [2.45, 2.75) is 51.0 Å². The molecule has 1 N–H and O–H groups in total. The monoisotopic (exact) mass is 560 g/mol. The molecule has 5 rings (SSSR count). The summed E-state index contributed by atoms with van der Waals surface area (Å²) in [6.07, 6.45) is 0.603. The number of likely N-dealkylation sites (tertiary alicyclic amines) is 1. The highest BCUT2D eigenvalue weighted by molar-refractivity contribution is 5.58. The van der Waals surface area contributed by atoms with E-state index in [0.717, 1.165) is 16.0 Å². The lowest BCUT2D eigenvalue weighted by atomic mass is 9.82. The first-order chi connectivity index (χ1) is 19.1. The average Bonchev–Trinajstić information content (AvgIpc) is 3.50. The minimum absolute atomic E-state index is 0.102. The van der Waals surface area contributed by atoms with E-state index in [2.05, 4.69) is 10.2 Å². The van der Waals surface area contributed by atoms with Crippen molar-refractivity contribution in [1.82, 2.24) is 13.9 Å². The Balaban J connectivity index is 1.57. The molecular formula is C28H32F4N6O2+. The summed E-state index contributed by atoms with van der Waals surface area (Å²) in [4.78, 5) is 15.4. The van der Waals surface area contributed by atoms with E-state index in [1.807, 2.05) is 17.9 Å². The van der Waals surface area contributed by atoms with Crippen molar-refractivity contribution in [3.8, 4) is 5.69 Å². The van der Waals surface area contributed by atoms with Crippen LogP contribution in [0.15, 0.2) is 57.7 Å². The van der Waals surface area contributed by atoms with Gasteiger partial charge in [0.1, 0.15) is 6.17 Å². The number of azo groups is 1. The molecule has 1 fully saturated rings. The lowest BCUT2D eigenvalue weighted by molar-refractivity contribution is -0.480. The van der Waals surface area contributed by atoms with Crippen molar-refractivity contribution in [3.63, 3.8) is 0 Å². The van der Waals surface area contributed by atoms with Crippen LogP contribution in [0, 0.1) is 12.1 Å². The zero-order valence-electron chi connectivity index (χ0n) is 22.4. The molecule has 213 valence electrons. The van der Waals surface area contributed by atoms with Crippen molar-refractivity contribution in [2.24, 2.45) is 16.1 Å². The van der Waals surface area contributed by atoms with E-state index in [1.54, 1.807) is 36.2 Å². The van der Waals surface area contributed by atoms with Gasteiger partial charge in [-0.05, 0) is 53.2 Å². The highest BCUT2D eigenvalue weighted by Gasteiger charge is 2.39. The molecule has 0 saturated carbocycles. The molecule has 8 nitrogen and oxygen atoms in total. The molecule has 4 heterocycles. The fraction of sp³-hybridized carbons (Fsp3) is 0.464. The number of imidazole rings is 1. The quantitative estimate of drug-likeness (QED) is 0.319. The molecule has 1 saturated heterocycles. The Labute approximate surface area is 228 Å². The second kappa shape index (κ2) is 11.2. The number of aliphatic hydroxyl groups excluding tert-OH is 1. The smallest absolute Gasteiger partial charge is 0.396 e. The zero-order chi connectivity index (χ0) is 28.6. The van der Waals surface area contributed by atoms with E-state index in [-0.39, 0.29) is 30.5 Å². The number of hydrogen-bond donors (Lipinski definition) is 1. The molecule has 1 unspecified atom stereocenters. The van der Waals surface area contributed by atoms with Crippen molar-refractivity contribution in [2.75, 3.05) is 26.7 Å². The third-order valence-corrected chi connectivity index (χ3v) is 7.81. The van der Waals surface area contributed by atoms with Crippen LogP contribution < -0.4 is 5.69 Å². The number of piperidine rings is 1. The largest absolute Gasteiger partial charge is 0.418 e. The molecule has 2 aliphatic rings. The van der Waals surface area contributed by atoms with Gasteiger partial charge in [0.05, 0.1) is 34.8 Å². The predicted molar refractivity (Wildman–Crippen MR) is 141 cm³/mol. The van der Waals surface area contributed by atoms with Gasteiger partial charge in [-0.2, -0.15) is 13.2 Å². The molecule has 1 radical (unpaired) electrons. The van der Waals surface area contributed by atoms with Gasteiger partial charge in [0, 0.05) is 38.6 Å². The van der Waals surface area contributed by atoms with Gasteiger partial charge in [0.25, 0.3) is 0 Å². The summed E-state index contributed by atoms with van der Waals surface area (Å²) in [5.41, 5.74) is -0.301. The van der Waals surface area contributed by atoms with Gasteiger partial charge in [-0.25, -0.2) is 13.8 Å². The molecule has 12 heteroatoms. The van der Waals surface area contributed by atoms with Crippen molar-refractivity contribution < 1.29 is 27.2 Å². The van der Waals surface area contributed by atoms with Crippen LogP contribution in [0.4, 0.5) is 17.6 Å². The first-order valence-corrected chi connectivity index (χ1v) is 13.4. The molecule has 3 aromatic rings. The zero-order valence-corrected chi connectivity index (χ0v) is 22.4. The number of fused-ring (bicyclic) bond motifs is 1. The van der Waals surface area contributed by atoms with Gasteiger partial charge in [-0.15, -0.1) is 0 Å². The first kappa shape index (κ1) is 28.2. The van der Waals surface area contributed by atoms with Gasteiger partial charge in [0.15, 0.2) is 0 Å². The number of halogens is 4. The van der Waals surface area contributed by atoms with Crippen LogP contribution in [-0.2, 0) is 12.7 Å². The van der Waals surface area contributed by atoms with Crippen LogP contribution in [0.3, 0.4) is 0 Å². The molecule has 2 aromatic heterocycles. The third-order valence-electron chi connectivity index (χ3n) is 7.81. The normalized spacial score (nSPS) is 18.9. The summed E-state index contributed by atoms with van der Waals surface area (Å²) in [7, 11) is 1.80. The molecule has 0 bridgehead atoms. The highest BCUT2D eigenvalue weighted by atomic mass is 19.4. The van der Waals surface area contributed by atoms with Gasteiger partial charge in [0.2, 0.25) is 0 Å². The number of alkyl halides is 4. The maximum Gasteiger partial charge on any atom is 0.418 e. The second-order valence-electron chi connectivity index (χ2n) is 10.5. The van der Waals surface area contributed by atoms with E-state index in [4.69, 9.17) is 0 Å². The maximum atomic E-state index is 14.2. The Bertz CT molecular complexity index is 1480. The summed E-state index contributed by atoms with van der Waals surface area (Å²) in [5.74, 6) is -0.536. The molecule has 0 spiro atoms. The Kier molecular flexibility index (Phi) is 7.92. The minimum Gasteiger partial charge on any atom is -0.396 e. The number of benzene rings is 1. The number of hydrogen-bond acceptors (Lipinski definition) is 5. The minimum atomic E-state index is -4.68. The van der Waals surface area contributed by atoms with E-state index < -0.39 is 23.6 Å². The summed E-state index contributed by atoms with van der Waals surface area (Å²) in [5, 5.41) is 18.3. The third kappa shape index (κ3) is 5.46. The molecule has 0 amide bonds. The average molecular weight is 561 g/mol. The number of rotatable bonds is 8. The standard InChI is InChI=1S/C28H32F4N6O2/c1-3-19(16-39)25(26-34-33-17-35(26)2)20-5-4-6-22(12-20)37-15-24-23(28(30,31)32)11-18(14-38(24)27(37)40)13-36-9-7-21(29)8-10-36/h4-6,11-12,14-15,17,19,21,25,39H,3,7-10,13,16H2,1-2H3/q+1/t19?,25-/m1/s1. The topological polar surface area (TPSA) is 77.6 Å². The van der Waals surface area contributed by atoms with Crippen molar-refractivity contribution in [1.29, 1.82) is 0 Å². The number of aliphatic hydroxyl groups is 1. The van der Waals surface area contributed by atoms with E-state index >= 15 is 0 Å². The maximum absolute atomic E-state index is 14.2. The van der Waals surface area contributed by atoms with E-state index in [1.165, 1.54) is 17.0 Å². The molecular weight excluding hydrogens is 528 g/mol. The van der Waals surface area contributed by atoms with Crippen LogP contribution in [0.1, 0.15) is 48.8 Å². The Morgan fingerprint density at radius 2 is 1.93 bits per heavy atom. The summed E-state index contributed by atoms with van der Waals surface area (Å²) in [6.45, 7) is 2.94. The van der Waals surface area contributed by atoms with Crippen LogP contribution in [0.5, 0.6) is 0 Å². The molecule has 0 aliphatic carbocycles. The predicted octanol–water partition coefficient (Wildman–Crippen LogP) is 4.77. The van der Waals surface area contributed by atoms with Gasteiger partial charge in [-0.3, -0.25) is 13.9 Å². The molecule has 2 atom stereocenters. The van der Waals surface area contributed by atoms with Crippen LogP contribution in [-0.4, -0.2) is 62.8 Å². The summed E-state index contributed by atoms with van der Waals surface area (Å²) in [6, 6.07) is 8.06. The van der Waals surface area contributed by atoms with Crippen LogP contribution in [0.2, 0.25) is 0 Å². The van der Waals surface area contributed by atoms with Gasteiger partial charge in [-0.1, -0.05) is 25.5 Å². The fourth-order valence-corrected chi connectivity index (χ4v) is 5.61. The second-order valence-corrected chi connectivity index (χ2v) is 10.5. The van der Waals surface area contributed by atoms with Crippen molar-refractivity contribution in [3.05, 3.63) is 76.1 Å². The first-order valence-electron chi connectivity index (χ1n) is 13.4. The van der Waals surface area contributed by atoms with Gasteiger partial charge >= 0.3 is 24.4 Å². The molecule has 1 aromatic carbocycles. The number of likely N-dealkylation sites (N-methyl/N-ethyl adjacent to an activating group) is 1. The lowest BCUT2D eigenvalue weighted by Gasteiger charge is -2.28. The number of aromatic nitrogens is 2. The Hall–Kier alpha value is -3.38. The van der Waals surface area contributed by atoms with Crippen molar-refractivity contribution >= 4 is 11.9 Å². The summed E-state index contributed by atoms with van der Waals surface area (Å²) >= 11 is 0. The van der Waals surface area contributed by atoms with E-state index in [9.17, 15) is 27.5 Å². The van der Waals surface area contributed by atoms with Crippen LogP contribution >= 0.6 is 0 Å². The van der Waals surface area contributed by atoms with Crippen LogP contribution in [0.25, 0.3) is 11.2 Å². The summed E-state index contributed by atoms with van der Waals surface area (Å²) < 4.78 is 60.1. The Morgan fingerprint density at radius 1 is 1.18 bits per heavy atom. The molecule has 2 aliphatic heterocycles. The fourth-order valence-electron chi connectivity index (χ4n) is 5.61. The Morgan fingerprint density at radius 3 is 2.55 bits per heavy atom. The molecule has 40 heavy (non-hydrogen) atoms. The highest BCUT2D eigenvalue weighted by Crippen LogP contribution is 2.39. The number of nitrogens with zero attached hydrogens (tertiary/aromatic N) is 6. The number of pyridine rings is 1. The SMILES string of the molecule is CCC(CO)[C@@H]([C]1N=NC=[N+]1C)c1cccc(-n2cc3c(C(F)(F)F)cc(CN4CCC(F)CC4)cn3c2=O)c1. The van der Waals surface area contributed by atoms with E-state index in [0.29, 0.717) is 49.8 Å².